The second kappa shape index (κ2) is 9.21. The van der Waals surface area contributed by atoms with Gasteiger partial charge in [-0.2, -0.15) is 0 Å². The Morgan fingerprint density at radius 2 is 2.00 bits per heavy atom. The van der Waals surface area contributed by atoms with Crippen LogP contribution in [0.4, 0.5) is 23.4 Å². The van der Waals surface area contributed by atoms with Gasteiger partial charge in [-0.1, -0.05) is 6.07 Å². The first-order chi connectivity index (χ1) is 16.1. The predicted molar refractivity (Wildman–Crippen MR) is 115 cm³/mol. The van der Waals surface area contributed by atoms with Crippen molar-refractivity contribution in [3.05, 3.63) is 60.3 Å². The van der Waals surface area contributed by atoms with E-state index in [0.717, 1.165) is 6.07 Å². The summed E-state index contributed by atoms with van der Waals surface area (Å²) in [5.74, 6) is -0.842. The first kappa shape index (κ1) is 23.4. The van der Waals surface area contributed by atoms with Gasteiger partial charge >= 0.3 is 6.36 Å². The van der Waals surface area contributed by atoms with Gasteiger partial charge in [0.15, 0.2) is 5.82 Å². The molecule has 0 aliphatic carbocycles. The van der Waals surface area contributed by atoms with Crippen molar-refractivity contribution in [2.24, 2.45) is 0 Å². The van der Waals surface area contributed by atoms with E-state index < -0.39 is 24.7 Å². The van der Waals surface area contributed by atoms with Gasteiger partial charge in [-0.3, -0.25) is 9.53 Å². The Hall–Kier alpha value is -3.80. The first-order valence-electron chi connectivity index (χ1n) is 10.3. The number of aromatic nitrogens is 5. The number of rotatable bonds is 7. The lowest BCUT2D eigenvalue weighted by molar-refractivity contribution is -0.325. The number of benzene rings is 1. The molecule has 3 heterocycles. The zero-order valence-corrected chi connectivity index (χ0v) is 18.2. The Kier molecular flexibility index (Phi) is 6.33. The summed E-state index contributed by atoms with van der Waals surface area (Å²) in [5, 5.41) is 11.0. The third-order valence-corrected chi connectivity index (χ3v) is 5.05. The minimum Gasteiger partial charge on any atom is -0.345 e. The van der Waals surface area contributed by atoms with E-state index in [1.165, 1.54) is 16.8 Å². The minimum absolute atomic E-state index is 0.0867. The Balaban J connectivity index is 1.57. The number of pyridine rings is 1. The van der Waals surface area contributed by atoms with Crippen molar-refractivity contribution in [1.29, 1.82) is 0 Å². The maximum atomic E-state index is 14.6. The number of hydrogen-bond donors (Lipinski definition) is 1. The number of nitrogens with one attached hydrogen (secondary N) is 1. The van der Waals surface area contributed by atoms with E-state index in [1.807, 2.05) is 18.4 Å². The molecule has 1 aromatic carbocycles. The average molecular weight is 476 g/mol. The molecular formula is C22H20F4N6O2. The van der Waals surface area contributed by atoms with Crippen molar-refractivity contribution >= 4 is 22.6 Å². The molecule has 0 spiro atoms. The lowest BCUT2D eigenvalue weighted by Gasteiger charge is -2.11. The van der Waals surface area contributed by atoms with Crippen LogP contribution in [0, 0.1) is 5.82 Å². The van der Waals surface area contributed by atoms with Gasteiger partial charge in [0.05, 0.1) is 12.2 Å². The maximum absolute atomic E-state index is 14.6. The fourth-order valence-electron chi connectivity index (χ4n) is 3.46. The molecule has 178 valence electrons. The highest BCUT2D eigenvalue weighted by atomic mass is 19.4. The van der Waals surface area contributed by atoms with Crippen LogP contribution in [0.1, 0.15) is 30.2 Å². The molecule has 12 heteroatoms. The molecule has 0 atom stereocenters. The van der Waals surface area contributed by atoms with Crippen LogP contribution in [-0.2, 0) is 11.3 Å². The molecule has 1 N–H and O–H groups in total. The molecule has 0 fully saturated rings. The van der Waals surface area contributed by atoms with E-state index in [1.54, 1.807) is 30.6 Å². The maximum Gasteiger partial charge on any atom is 0.522 e. The number of alkyl halides is 3. The number of amides is 1. The van der Waals surface area contributed by atoms with Crippen LogP contribution in [0.25, 0.3) is 22.4 Å². The van der Waals surface area contributed by atoms with E-state index in [-0.39, 0.29) is 24.0 Å². The molecular weight excluding hydrogens is 456 g/mol. The molecule has 0 unspecified atom stereocenters. The number of hydrogen-bond acceptors (Lipinski definition) is 5. The number of carbonyl (C=O) groups excluding carboxylic acids is 1. The summed E-state index contributed by atoms with van der Waals surface area (Å²) in [5.41, 5.74) is 0.587. The normalized spacial score (nSPS) is 12.0. The molecule has 0 radical (unpaired) electrons. The molecule has 0 saturated heterocycles. The Morgan fingerprint density at radius 1 is 1.21 bits per heavy atom. The van der Waals surface area contributed by atoms with Crippen LogP contribution in [0.5, 0.6) is 0 Å². The summed E-state index contributed by atoms with van der Waals surface area (Å²) in [6.07, 6.45) is -1.67. The van der Waals surface area contributed by atoms with Crippen molar-refractivity contribution in [3.63, 3.8) is 0 Å². The number of ether oxygens (including phenoxy) is 1. The lowest BCUT2D eigenvalue weighted by Crippen LogP contribution is -2.17. The van der Waals surface area contributed by atoms with Crippen LogP contribution in [0.2, 0.25) is 0 Å². The van der Waals surface area contributed by atoms with Gasteiger partial charge in [-0.05, 0) is 44.2 Å². The van der Waals surface area contributed by atoms with E-state index >= 15 is 0 Å². The van der Waals surface area contributed by atoms with Gasteiger partial charge in [0.2, 0.25) is 0 Å². The molecule has 4 rings (SSSR count). The van der Waals surface area contributed by atoms with Gasteiger partial charge in [0.1, 0.15) is 23.7 Å². The fraction of sp³-hybridized carbons (Fsp3) is 0.273. The summed E-state index contributed by atoms with van der Waals surface area (Å²) in [4.78, 5) is 17.2. The van der Waals surface area contributed by atoms with E-state index in [4.69, 9.17) is 0 Å². The fourth-order valence-corrected chi connectivity index (χ4v) is 3.46. The number of nitrogens with zero attached hydrogens (tertiary/aromatic N) is 5. The highest BCUT2D eigenvalue weighted by molar-refractivity contribution is 6.06. The molecule has 3 aromatic heterocycles. The SMILES string of the molecule is CC(C)n1cnnc1-c1cccc(NC(=O)c2cc3c(ccn3CCOC(F)(F)F)cc2F)n1. The molecule has 34 heavy (non-hydrogen) atoms. The van der Waals surface area contributed by atoms with Gasteiger partial charge in [-0.15, -0.1) is 23.4 Å². The van der Waals surface area contributed by atoms with Gasteiger partial charge < -0.3 is 14.5 Å². The topological polar surface area (TPSA) is 86.9 Å². The third-order valence-electron chi connectivity index (χ3n) is 5.05. The lowest BCUT2D eigenvalue weighted by atomic mass is 10.1. The molecule has 0 aliphatic rings. The molecule has 4 aromatic rings. The van der Waals surface area contributed by atoms with Crippen molar-refractivity contribution in [3.8, 4) is 11.5 Å². The number of fused-ring (bicyclic) bond motifs is 1. The Labute approximate surface area is 191 Å². The highest BCUT2D eigenvalue weighted by Crippen LogP contribution is 2.24. The van der Waals surface area contributed by atoms with Crippen molar-refractivity contribution < 1.29 is 27.1 Å². The van der Waals surface area contributed by atoms with Crippen molar-refractivity contribution in [1.82, 2.24) is 24.3 Å². The molecule has 8 nitrogen and oxygen atoms in total. The third kappa shape index (κ3) is 5.06. The smallest absolute Gasteiger partial charge is 0.345 e. The summed E-state index contributed by atoms with van der Waals surface area (Å²) >= 11 is 0. The molecule has 0 bridgehead atoms. The van der Waals surface area contributed by atoms with Crippen LogP contribution in [0.15, 0.2) is 48.9 Å². The predicted octanol–water partition coefficient (Wildman–Crippen LogP) is 4.80. The van der Waals surface area contributed by atoms with Crippen LogP contribution >= 0.6 is 0 Å². The van der Waals surface area contributed by atoms with Crippen LogP contribution < -0.4 is 5.32 Å². The van der Waals surface area contributed by atoms with Crippen molar-refractivity contribution in [2.75, 3.05) is 11.9 Å². The standard InChI is InChI=1S/C22H20F4N6O2/c1-13(2)32-12-27-30-20(32)17-4-3-5-19(28-17)29-21(33)15-11-18-14(10-16(15)23)6-7-31(18)8-9-34-22(24,25)26/h3-7,10-13H,8-9H2,1-2H3,(H,28,29,33). The van der Waals surface area contributed by atoms with Crippen LogP contribution in [0.3, 0.4) is 0 Å². The zero-order valence-electron chi connectivity index (χ0n) is 18.2. The van der Waals surface area contributed by atoms with E-state index in [2.05, 4.69) is 25.2 Å². The van der Waals surface area contributed by atoms with E-state index in [9.17, 15) is 22.4 Å². The van der Waals surface area contributed by atoms with E-state index in [0.29, 0.717) is 22.4 Å². The quantitative estimate of drug-likeness (QED) is 0.387. The summed E-state index contributed by atoms with van der Waals surface area (Å²) in [7, 11) is 0. The first-order valence-corrected chi connectivity index (χ1v) is 10.3. The molecule has 0 aliphatic heterocycles. The largest absolute Gasteiger partial charge is 0.522 e. The molecule has 0 saturated carbocycles. The summed E-state index contributed by atoms with van der Waals surface area (Å²) in [6.45, 7) is 3.17. The average Bonchev–Trinajstić information content (AvgIpc) is 3.40. The second-order valence-corrected chi connectivity index (χ2v) is 7.71. The van der Waals surface area contributed by atoms with Gasteiger partial charge in [-0.25, -0.2) is 9.37 Å². The number of anilines is 1. The Bertz CT molecular complexity index is 1330. The number of carbonyl (C=O) groups is 1. The summed E-state index contributed by atoms with van der Waals surface area (Å²) < 4.78 is 58.5. The van der Waals surface area contributed by atoms with Crippen LogP contribution in [-0.4, -0.2) is 43.2 Å². The van der Waals surface area contributed by atoms with Gasteiger partial charge in [0, 0.05) is 29.7 Å². The Morgan fingerprint density at radius 3 is 2.74 bits per heavy atom. The summed E-state index contributed by atoms with van der Waals surface area (Å²) in [6, 6.07) is 9.00. The molecule has 1 amide bonds. The van der Waals surface area contributed by atoms with Crippen molar-refractivity contribution in [2.45, 2.75) is 32.8 Å². The number of halogens is 4. The monoisotopic (exact) mass is 476 g/mol. The van der Waals surface area contributed by atoms with Gasteiger partial charge in [0.25, 0.3) is 5.91 Å². The zero-order chi connectivity index (χ0) is 24.5. The highest BCUT2D eigenvalue weighted by Gasteiger charge is 2.28. The minimum atomic E-state index is -4.75. The second-order valence-electron chi connectivity index (χ2n) is 7.71.